The average molecular weight is 590 g/mol. The van der Waals surface area contributed by atoms with Crippen molar-refractivity contribution in [2.75, 3.05) is 16.9 Å². The van der Waals surface area contributed by atoms with Crippen LogP contribution in [0.2, 0.25) is 10.0 Å². The van der Waals surface area contributed by atoms with Gasteiger partial charge in [0.15, 0.2) is 9.84 Å². The van der Waals surface area contributed by atoms with Gasteiger partial charge >= 0.3 is 0 Å². The number of rotatable bonds is 6. The van der Waals surface area contributed by atoms with E-state index in [1.54, 1.807) is 12.1 Å². The number of hydrogen-bond acceptors (Lipinski definition) is 4. The van der Waals surface area contributed by atoms with Gasteiger partial charge in [0.05, 0.1) is 16.4 Å². The van der Waals surface area contributed by atoms with Crippen LogP contribution in [0.3, 0.4) is 0 Å². The van der Waals surface area contributed by atoms with Crippen LogP contribution in [-0.2, 0) is 14.6 Å². The lowest BCUT2D eigenvalue weighted by Crippen LogP contribution is -2.19. The molecule has 4 rings (SSSR count). The van der Waals surface area contributed by atoms with Gasteiger partial charge < -0.3 is 10.6 Å². The summed E-state index contributed by atoms with van der Waals surface area (Å²) in [6.07, 6.45) is 0.954. The molecular formula is C24H17Cl4FN2O4S. The van der Waals surface area contributed by atoms with Crippen molar-refractivity contribution in [3.63, 3.8) is 0 Å². The number of carbonyl (C=O) groups excluding carboxylic acids is 2. The largest absolute Gasteiger partial charge is 0.326 e. The Morgan fingerprint density at radius 2 is 1.47 bits per heavy atom. The average Bonchev–Trinajstić information content (AvgIpc) is 3.36. The number of alkyl halides is 2. The number of sulfone groups is 1. The molecule has 0 bridgehead atoms. The van der Waals surface area contributed by atoms with Gasteiger partial charge in [0, 0.05) is 33.6 Å². The zero-order valence-corrected chi connectivity index (χ0v) is 22.2. The van der Waals surface area contributed by atoms with Crippen molar-refractivity contribution in [3.8, 4) is 0 Å². The molecule has 2 amide bonds. The molecule has 0 aromatic heterocycles. The molecule has 2 N–H and O–H groups in total. The third-order valence-corrected chi connectivity index (χ3v) is 8.11. The minimum absolute atomic E-state index is 0.149. The van der Waals surface area contributed by atoms with Gasteiger partial charge in [0.1, 0.15) is 10.2 Å². The maximum Gasteiger partial charge on any atom is 0.257 e. The molecule has 1 fully saturated rings. The van der Waals surface area contributed by atoms with Crippen LogP contribution >= 0.6 is 46.4 Å². The Morgan fingerprint density at radius 3 is 2.06 bits per heavy atom. The molecule has 0 aliphatic heterocycles. The number of anilines is 2. The first-order chi connectivity index (χ1) is 16.8. The Hall–Kier alpha value is -2.36. The summed E-state index contributed by atoms with van der Waals surface area (Å²) in [5, 5.41) is 5.88. The summed E-state index contributed by atoms with van der Waals surface area (Å²) in [4.78, 5) is 25.7. The Balaban J connectivity index is 1.60. The number of halogens is 5. The standard InChI is InChI=1S/C24H17Cl4FN2O4S/c1-36(34,35)19-7-6-17(11-18(19)22(32)30-16-4-2-15(29)3-5-16)31-23(33)21-20(24(21,27)28)12-8-13(25)10-14(26)9-12/h2-11,20-21H,1H3,(H,30,32)(H,31,33). The highest BCUT2D eigenvalue weighted by atomic mass is 35.5. The minimum Gasteiger partial charge on any atom is -0.326 e. The molecule has 3 aromatic carbocycles. The van der Waals surface area contributed by atoms with E-state index < -0.39 is 43.6 Å². The monoisotopic (exact) mass is 588 g/mol. The predicted octanol–water partition coefficient (Wildman–Crippen LogP) is 6.31. The van der Waals surface area contributed by atoms with E-state index in [-0.39, 0.29) is 21.8 Å². The molecule has 188 valence electrons. The normalized spacial score (nSPS) is 18.4. The van der Waals surface area contributed by atoms with Crippen LogP contribution in [0.5, 0.6) is 0 Å². The summed E-state index contributed by atoms with van der Waals surface area (Å²) in [6, 6.07) is 13.5. The summed E-state index contributed by atoms with van der Waals surface area (Å²) in [7, 11) is -3.80. The van der Waals surface area contributed by atoms with E-state index in [4.69, 9.17) is 46.4 Å². The van der Waals surface area contributed by atoms with E-state index in [1.165, 1.54) is 36.4 Å². The number of hydrogen-bond donors (Lipinski definition) is 2. The van der Waals surface area contributed by atoms with Gasteiger partial charge in [0.25, 0.3) is 5.91 Å². The molecule has 0 spiro atoms. The second-order valence-electron chi connectivity index (χ2n) is 8.27. The van der Waals surface area contributed by atoms with E-state index in [1.807, 2.05) is 0 Å². The second kappa shape index (κ2) is 9.84. The highest BCUT2D eigenvalue weighted by Gasteiger charge is 2.67. The van der Waals surface area contributed by atoms with Crippen LogP contribution in [0, 0.1) is 11.7 Å². The third kappa shape index (κ3) is 5.63. The third-order valence-electron chi connectivity index (χ3n) is 5.57. The van der Waals surface area contributed by atoms with Gasteiger partial charge in [-0.25, -0.2) is 12.8 Å². The molecule has 1 saturated carbocycles. The number of amides is 2. The first-order valence-electron chi connectivity index (χ1n) is 10.3. The van der Waals surface area contributed by atoms with Crippen LogP contribution in [-0.4, -0.2) is 30.8 Å². The van der Waals surface area contributed by atoms with Gasteiger partial charge in [-0.3, -0.25) is 9.59 Å². The van der Waals surface area contributed by atoms with E-state index in [0.717, 1.165) is 18.4 Å². The zero-order chi connectivity index (χ0) is 26.4. The summed E-state index contributed by atoms with van der Waals surface area (Å²) in [5.74, 6) is -3.25. The maximum atomic E-state index is 13.2. The minimum atomic E-state index is -3.80. The van der Waals surface area contributed by atoms with E-state index in [0.29, 0.717) is 15.6 Å². The van der Waals surface area contributed by atoms with Crippen molar-refractivity contribution in [1.29, 1.82) is 0 Å². The van der Waals surface area contributed by atoms with Crippen molar-refractivity contribution >= 4 is 79.4 Å². The highest BCUT2D eigenvalue weighted by molar-refractivity contribution is 7.90. The molecule has 0 heterocycles. The molecule has 12 heteroatoms. The molecule has 2 atom stereocenters. The van der Waals surface area contributed by atoms with Crippen molar-refractivity contribution in [3.05, 3.63) is 87.7 Å². The summed E-state index contributed by atoms with van der Waals surface area (Å²) in [6.45, 7) is 0. The fourth-order valence-corrected chi connectivity index (χ4v) is 6.12. The van der Waals surface area contributed by atoms with Crippen molar-refractivity contribution < 1.29 is 22.4 Å². The van der Waals surface area contributed by atoms with Gasteiger partial charge in [0.2, 0.25) is 5.91 Å². The Labute approximate surface area is 226 Å². The number of nitrogens with one attached hydrogen (secondary N) is 2. The summed E-state index contributed by atoms with van der Waals surface area (Å²) in [5.41, 5.74) is 0.780. The fraction of sp³-hybridized carbons (Fsp3) is 0.167. The second-order valence-corrected chi connectivity index (χ2v) is 12.6. The number of benzene rings is 3. The first-order valence-corrected chi connectivity index (χ1v) is 13.7. The lowest BCUT2D eigenvalue weighted by atomic mass is 10.1. The maximum absolute atomic E-state index is 13.2. The Bertz CT molecular complexity index is 1460. The van der Waals surface area contributed by atoms with Crippen molar-refractivity contribution in [2.45, 2.75) is 15.1 Å². The molecule has 6 nitrogen and oxygen atoms in total. The van der Waals surface area contributed by atoms with Crippen molar-refractivity contribution in [2.24, 2.45) is 5.92 Å². The van der Waals surface area contributed by atoms with Crippen molar-refractivity contribution in [1.82, 2.24) is 0 Å². The van der Waals surface area contributed by atoms with E-state index >= 15 is 0 Å². The van der Waals surface area contributed by atoms with Gasteiger partial charge in [-0.15, -0.1) is 23.2 Å². The SMILES string of the molecule is CS(=O)(=O)c1ccc(NC(=O)C2C(c3cc(Cl)cc(Cl)c3)C2(Cl)Cl)cc1C(=O)Nc1ccc(F)cc1. The summed E-state index contributed by atoms with van der Waals surface area (Å²) >= 11 is 24.9. The van der Waals surface area contributed by atoms with Gasteiger partial charge in [-0.05, 0) is 66.2 Å². The molecule has 3 aromatic rings. The molecule has 36 heavy (non-hydrogen) atoms. The van der Waals surface area contributed by atoms with Crippen LogP contribution in [0.1, 0.15) is 21.8 Å². The lowest BCUT2D eigenvalue weighted by Gasteiger charge is -2.12. The fourth-order valence-electron chi connectivity index (χ4n) is 3.88. The van der Waals surface area contributed by atoms with Crippen LogP contribution in [0.4, 0.5) is 15.8 Å². The van der Waals surface area contributed by atoms with Crippen LogP contribution in [0.25, 0.3) is 0 Å². The predicted molar refractivity (Wildman–Crippen MR) is 140 cm³/mol. The number of carbonyl (C=O) groups is 2. The molecular weight excluding hydrogens is 573 g/mol. The van der Waals surface area contributed by atoms with Crippen LogP contribution < -0.4 is 10.6 Å². The van der Waals surface area contributed by atoms with Gasteiger partial charge in [-0.1, -0.05) is 23.2 Å². The molecule has 0 saturated heterocycles. The molecule has 1 aliphatic rings. The van der Waals surface area contributed by atoms with Crippen LogP contribution in [0.15, 0.2) is 65.6 Å². The smallest absolute Gasteiger partial charge is 0.257 e. The molecule has 2 unspecified atom stereocenters. The molecule has 0 radical (unpaired) electrons. The van der Waals surface area contributed by atoms with E-state index in [2.05, 4.69) is 10.6 Å². The Morgan fingerprint density at radius 1 is 0.889 bits per heavy atom. The topological polar surface area (TPSA) is 92.3 Å². The zero-order valence-electron chi connectivity index (χ0n) is 18.4. The first kappa shape index (κ1) is 26.7. The highest BCUT2D eigenvalue weighted by Crippen LogP contribution is 2.65. The summed E-state index contributed by atoms with van der Waals surface area (Å²) < 4.78 is 36.3. The van der Waals surface area contributed by atoms with E-state index in [9.17, 15) is 22.4 Å². The Kier molecular flexibility index (Phi) is 7.29. The lowest BCUT2D eigenvalue weighted by molar-refractivity contribution is -0.117. The van der Waals surface area contributed by atoms with Gasteiger partial charge in [-0.2, -0.15) is 0 Å². The quantitative estimate of drug-likeness (QED) is 0.329. The molecule has 1 aliphatic carbocycles.